The predicted molar refractivity (Wildman–Crippen MR) is 337 cm³/mol. The Labute approximate surface area is 480 Å². The van der Waals surface area contributed by atoms with Gasteiger partial charge in [-0.3, -0.25) is 0 Å². The van der Waals surface area contributed by atoms with Gasteiger partial charge in [-0.05, 0) is 242 Å². The van der Waals surface area contributed by atoms with Crippen LogP contribution >= 0.6 is 0 Å². The molecule has 412 valence electrons. The van der Waals surface area contributed by atoms with Crippen LogP contribution < -0.4 is 20.9 Å². The third-order valence-corrected chi connectivity index (χ3v) is 25.4. The van der Waals surface area contributed by atoms with Crippen molar-refractivity contribution < 1.29 is 4.42 Å². The lowest BCUT2D eigenvalue weighted by Crippen LogP contribution is -2.68. The summed E-state index contributed by atoms with van der Waals surface area (Å²) in [5.41, 5.74) is 27.7. The van der Waals surface area contributed by atoms with E-state index in [-0.39, 0.29) is 50.0 Å². The van der Waals surface area contributed by atoms with Crippen LogP contribution in [0.15, 0.2) is 118 Å². The molecule has 5 fully saturated rings. The lowest BCUT2D eigenvalue weighted by molar-refractivity contribution is -0.198. The molecule has 0 saturated heterocycles. The quantitative estimate of drug-likeness (QED) is 0.164. The molecule has 6 unspecified atom stereocenters. The minimum Gasteiger partial charge on any atom is -0.468 e. The second-order valence-electron chi connectivity index (χ2n) is 33.5. The second kappa shape index (κ2) is 15.5. The number of rotatable bonds is 4. The number of benzene rings is 5. The Hall–Kier alpha value is -5.22. The van der Waals surface area contributed by atoms with E-state index in [0.717, 1.165) is 35.4 Å². The summed E-state index contributed by atoms with van der Waals surface area (Å²) in [6.07, 6.45) is 18.1. The molecule has 3 nitrogen and oxygen atoms in total. The van der Waals surface area contributed by atoms with Gasteiger partial charge in [-0.25, -0.2) is 0 Å². The van der Waals surface area contributed by atoms with Crippen LogP contribution in [-0.4, -0.2) is 6.71 Å². The maximum atomic E-state index is 7.80. The minimum atomic E-state index is -0.0752. The van der Waals surface area contributed by atoms with Crippen molar-refractivity contribution in [1.29, 1.82) is 0 Å². The van der Waals surface area contributed by atoms with Crippen molar-refractivity contribution in [1.82, 2.24) is 0 Å². The van der Waals surface area contributed by atoms with Gasteiger partial charge in [0, 0.05) is 39.1 Å². The van der Waals surface area contributed by atoms with Crippen LogP contribution in [0.5, 0.6) is 0 Å². The molecule has 2 bridgehead atoms. The zero-order valence-electron chi connectivity index (χ0n) is 51.4. The van der Waals surface area contributed by atoms with Gasteiger partial charge in [-0.15, -0.1) is 0 Å². The lowest BCUT2D eigenvalue weighted by Gasteiger charge is -2.73. The van der Waals surface area contributed by atoms with E-state index >= 15 is 0 Å². The van der Waals surface area contributed by atoms with Gasteiger partial charge >= 0.3 is 0 Å². The number of allylic oxidation sites excluding steroid dienone is 4. The SMILES string of the molecule is CC1(C)CCC(C)(C)C2CC3=C(C=C21)B1c2oc4ccc(C(C)(C)C)cc4c2N(c2ccc4c(c2)C(C)(C)CCC4(C)C)c2cc(C45CC6CC7CC(C4)C75C6)cc(c21)N3c1cc2c(cc1-c1ccccc1)C(C)(C)CCC2(C)C. The first-order valence-electron chi connectivity index (χ1n) is 31.8. The fourth-order valence-electron chi connectivity index (χ4n) is 20.4. The lowest BCUT2D eigenvalue weighted by atomic mass is 9.30. The Kier molecular flexibility index (Phi) is 9.79. The van der Waals surface area contributed by atoms with E-state index in [9.17, 15) is 0 Å². The van der Waals surface area contributed by atoms with Crippen molar-refractivity contribution in [2.24, 2.45) is 39.9 Å². The van der Waals surface area contributed by atoms with Gasteiger partial charge < -0.3 is 14.2 Å². The molecule has 5 aromatic carbocycles. The van der Waals surface area contributed by atoms with Gasteiger partial charge in [0.2, 0.25) is 0 Å². The average molecular weight is 1060 g/mol. The van der Waals surface area contributed by atoms with Crippen LogP contribution in [0, 0.1) is 39.9 Å². The first-order valence-corrected chi connectivity index (χ1v) is 31.8. The molecule has 10 aliphatic rings. The summed E-state index contributed by atoms with van der Waals surface area (Å²) in [7, 11) is 0. The monoisotopic (exact) mass is 1060 g/mol. The summed E-state index contributed by atoms with van der Waals surface area (Å²) in [4.78, 5) is 5.75. The molecule has 0 radical (unpaired) electrons. The van der Waals surface area contributed by atoms with Crippen LogP contribution in [-0.2, 0) is 32.5 Å². The molecule has 0 amide bonds. The van der Waals surface area contributed by atoms with Gasteiger partial charge in [-0.2, -0.15) is 0 Å². The number of furan rings is 1. The fourth-order valence-corrected chi connectivity index (χ4v) is 20.4. The Balaban J connectivity index is 1.07. The maximum absolute atomic E-state index is 7.80. The van der Waals surface area contributed by atoms with Crippen molar-refractivity contribution in [2.45, 2.75) is 213 Å². The number of fused-ring (bicyclic) bond motifs is 9. The zero-order chi connectivity index (χ0) is 55.6. The molecule has 16 rings (SSSR count). The summed E-state index contributed by atoms with van der Waals surface area (Å²) < 4.78 is 7.80. The van der Waals surface area contributed by atoms with Crippen LogP contribution in [0.3, 0.4) is 0 Å². The normalized spacial score (nSPS) is 30.5. The second-order valence-corrected chi connectivity index (χ2v) is 33.5. The molecule has 6 aromatic rings. The standard InChI is InChI=1S/C76H89BN2O/c1-68(2,3)46-21-24-64-52(33-46)66-67(80-64)77-59-38-56-58(74(14,15)30-28-72(56,10)11)40-61(59)79(60-39-57-55(71(8,9)27-29-73(57,12)13)37-51(60)45-19-17-16-18-20-45)63-35-47(75-41-44-31-48-32-49(43-75)76(48,75)42-44)34-62(65(63)77)78(66)50-22-23-53-54(36-50)70(6,7)26-25-69(53,4)5/h16-24,33-39,44,48-49,58H,25-32,40-43H2,1-15H3. The number of anilines is 5. The molecule has 1 spiro atoms. The highest BCUT2D eigenvalue weighted by atomic mass is 16.3. The summed E-state index contributed by atoms with van der Waals surface area (Å²) in [5, 5.41) is 1.25. The molecule has 6 atom stereocenters. The van der Waals surface area contributed by atoms with Gasteiger partial charge in [0.1, 0.15) is 5.58 Å². The number of hydrogen-bond acceptors (Lipinski definition) is 3. The number of hydrogen-bond donors (Lipinski definition) is 0. The van der Waals surface area contributed by atoms with Gasteiger partial charge in [0.25, 0.3) is 6.71 Å². The van der Waals surface area contributed by atoms with Crippen molar-refractivity contribution in [3.63, 3.8) is 0 Å². The van der Waals surface area contributed by atoms with Crippen molar-refractivity contribution in [3.05, 3.63) is 147 Å². The molecular weight excluding hydrogens is 968 g/mol. The molecule has 80 heavy (non-hydrogen) atoms. The van der Waals surface area contributed by atoms with Gasteiger partial charge in [-0.1, -0.05) is 158 Å². The van der Waals surface area contributed by atoms with E-state index in [2.05, 4.69) is 211 Å². The predicted octanol–water partition coefficient (Wildman–Crippen LogP) is 19.3. The maximum Gasteiger partial charge on any atom is 0.296 e. The summed E-state index contributed by atoms with van der Waals surface area (Å²) in [6, 6.07) is 37.7. The third-order valence-electron chi connectivity index (χ3n) is 25.4. The summed E-state index contributed by atoms with van der Waals surface area (Å²) >= 11 is 0. The topological polar surface area (TPSA) is 19.6 Å². The molecule has 5 saturated carbocycles. The molecule has 0 N–H and O–H groups in total. The van der Waals surface area contributed by atoms with Crippen LogP contribution in [0.1, 0.15) is 214 Å². The van der Waals surface area contributed by atoms with E-state index in [1.807, 2.05) is 0 Å². The molecule has 1 aromatic heterocycles. The van der Waals surface area contributed by atoms with Gasteiger partial charge in [0.05, 0.1) is 17.0 Å². The Morgan fingerprint density at radius 2 is 1.23 bits per heavy atom. The molecule has 8 aliphatic carbocycles. The third kappa shape index (κ3) is 6.42. The van der Waals surface area contributed by atoms with Crippen molar-refractivity contribution >= 4 is 57.2 Å². The van der Waals surface area contributed by atoms with Gasteiger partial charge in [0.15, 0.2) is 0 Å². The Bertz CT molecular complexity index is 3790. The Morgan fingerprint density at radius 3 is 1.90 bits per heavy atom. The zero-order valence-corrected chi connectivity index (χ0v) is 51.4. The van der Waals surface area contributed by atoms with E-state index < -0.39 is 0 Å². The van der Waals surface area contributed by atoms with Crippen LogP contribution in [0.25, 0.3) is 22.1 Å². The largest absolute Gasteiger partial charge is 0.468 e. The molecule has 2 aliphatic heterocycles. The van der Waals surface area contributed by atoms with Crippen LogP contribution in [0.4, 0.5) is 28.4 Å². The van der Waals surface area contributed by atoms with E-state index in [0.29, 0.717) is 11.3 Å². The minimum absolute atomic E-state index is 0.0305. The summed E-state index contributed by atoms with van der Waals surface area (Å²) in [5.74, 6) is 3.02. The fraction of sp³-hybridized carbons (Fsp3) is 0.526. The van der Waals surface area contributed by atoms with Crippen molar-refractivity contribution in [2.75, 3.05) is 9.80 Å². The first-order chi connectivity index (χ1) is 37.6. The summed E-state index contributed by atoms with van der Waals surface area (Å²) in [6.45, 7) is 37.5. The first kappa shape index (κ1) is 50.5. The van der Waals surface area contributed by atoms with E-state index in [1.54, 1.807) is 11.1 Å². The highest BCUT2D eigenvalue weighted by Crippen LogP contribution is 2.86. The van der Waals surface area contributed by atoms with E-state index in [4.69, 9.17) is 4.42 Å². The average Bonchev–Trinajstić information content (AvgIpc) is 4.16. The highest BCUT2D eigenvalue weighted by Gasteiger charge is 2.80. The van der Waals surface area contributed by atoms with Crippen LogP contribution in [0.2, 0.25) is 0 Å². The smallest absolute Gasteiger partial charge is 0.296 e. The number of nitrogens with zero attached hydrogens (tertiary/aromatic N) is 2. The van der Waals surface area contributed by atoms with Crippen molar-refractivity contribution in [3.8, 4) is 11.1 Å². The molecule has 3 heterocycles. The molecule has 4 heteroatoms. The highest BCUT2D eigenvalue weighted by molar-refractivity contribution is 6.95. The Morgan fingerprint density at radius 1 is 0.575 bits per heavy atom. The van der Waals surface area contributed by atoms with E-state index in [1.165, 1.54) is 160 Å². The molecular formula is C76H89BN2O.